The van der Waals surface area contributed by atoms with Gasteiger partial charge in [-0.05, 0) is 36.8 Å². The molecule has 0 saturated carbocycles. The molecule has 23 heavy (non-hydrogen) atoms. The maximum absolute atomic E-state index is 12.3. The monoisotopic (exact) mass is 327 g/mol. The SMILES string of the molecule is O=C(NCc1cnn2c1CCCC2)c1cc(-c2cccs2)[nH]n1. The highest BCUT2D eigenvalue weighted by molar-refractivity contribution is 7.13. The molecular weight excluding hydrogens is 310 g/mol. The van der Waals surface area contributed by atoms with Crippen LogP contribution in [0.25, 0.3) is 10.6 Å². The number of amides is 1. The molecule has 1 amide bonds. The smallest absolute Gasteiger partial charge is 0.272 e. The summed E-state index contributed by atoms with van der Waals surface area (Å²) in [5.41, 5.74) is 3.63. The number of H-pyrrole nitrogens is 1. The van der Waals surface area contributed by atoms with Crippen molar-refractivity contribution in [3.05, 3.63) is 46.7 Å². The lowest BCUT2D eigenvalue weighted by atomic mass is 10.1. The molecule has 6 nitrogen and oxygen atoms in total. The van der Waals surface area contributed by atoms with Crippen LogP contribution in [0.3, 0.4) is 0 Å². The Bertz CT molecular complexity index is 818. The van der Waals surface area contributed by atoms with Gasteiger partial charge in [-0.15, -0.1) is 11.3 Å². The van der Waals surface area contributed by atoms with Gasteiger partial charge in [0.1, 0.15) is 0 Å². The fourth-order valence-electron chi connectivity index (χ4n) is 2.90. The van der Waals surface area contributed by atoms with Gasteiger partial charge in [0.25, 0.3) is 5.91 Å². The molecule has 2 N–H and O–H groups in total. The van der Waals surface area contributed by atoms with Crippen molar-refractivity contribution >= 4 is 17.2 Å². The van der Waals surface area contributed by atoms with E-state index in [9.17, 15) is 4.79 Å². The first-order valence-corrected chi connectivity index (χ1v) is 8.60. The van der Waals surface area contributed by atoms with Gasteiger partial charge < -0.3 is 5.32 Å². The number of hydrogen-bond donors (Lipinski definition) is 2. The number of fused-ring (bicyclic) bond motifs is 1. The first-order valence-electron chi connectivity index (χ1n) is 7.72. The summed E-state index contributed by atoms with van der Waals surface area (Å²) < 4.78 is 2.05. The van der Waals surface area contributed by atoms with Gasteiger partial charge in [-0.3, -0.25) is 14.6 Å². The topological polar surface area (TPSA) is 75.6 Å². The van der Waals surface area contributed by atoms with Crippen LogP contribution >= 0.6 is 11.3 Å². The van der Waals surface area contributed by atoms with E-state index in [4.69, 9.17) is 0 Å². The van der Waals surface area contributed by atoms with Crippen molar-refractivity contribution in [1.82, 2.24) is 25.3 Å². The average Bonchev–Trinajstić information content (AvgIpc) is 3.31. The number of aryl methyl sites for hydroxylation is 1. The molecule has 4 heterocycles. The number of carbonyl (C=O) groups is 1. The molecule has 3 aromatic rings. The van der Waals surface area contributed by atoms with Crippen LogP contribution in [0.1, 0.15) is 34.6 Å². The molecular formula is C16H17N5OS. The summed E-state index contributed by atoms with van der Waals surface area (Å²) in [7, 11) is 0. The number of hydrogen-bond acceptors (Lipinski definition) is 4. The fraction of sp³-hybridized carbons (Fsp3) is 0.312. The van der Waals surface area contributed by atoms with Crippen molar-refractivity contribution in [1.29, 1.82) is 0 Å². The lowest BCUT2D eigenvalue weighted by Gasteiger charge is -2.14. The average molecular weight is 327 g/mol. The Balaban J connectivity index is 1.43. The predicted molar refractivity (Wildman–Crippen MR) is 88.2 cm³/mol. The lowest BCUT2D eigenvalue weighted by molar-refractivity contribution is 0.0946. The van der Waals surface area contributed by atoms with Gasteiger partial charge in [0, 0.05) is 24.3 Å². The molecule has 0 bridgehead atoms. The van der Waals surface area contributed by atoms with Crippen molar-refractivity contribution in [3.8, 4) is 10.6 Å². The van der Waals surface area contributed by atoms with Crippen molar-refractivity contribution in [3.63, 3.8) is 0 Å². The summed E-state index contributed by atoms with van der Waals surface area (Å²) in [5.74, 6) is -0.167. The van der Waals surface area contributed by atoms with Gasteiger partial charge in [-0.2, -0.15) is 10.2 Å². The van der Waals surface area contributed by atoms with Crippen LogP contribution in [0, 0.1) is 0 Å². The maximum Gasteiger partial charge on any atom is 0.272 e. The molecule has 0 radical (unpaired) electrons. The first-order chi connectivity index (χ1) is 11.3. The van der Waals surface area contributed by atoms with E-state index in [1.807, 2.05) is 23.7 Å². The van der Waals surface area contributed by atoms with Crippen LogP contribution in [0.5, 0.6) is 0 Å². The quantitative estimate of drug-likeness (QED) is 0.773. The lowest BCUT2D eigenvalue weighted by Crippen LogP contribution is -2.24. The van der Waals surface area contributed by atoms with Gasteiger partial charge in [-0.1, -0.05) is 6.07 Å². The molecule has 0 fully saturated rings. The Morgan fingerprint density at radius 1 is 1.43 bits per heavy atom. The molecule has 118 valence electrons. The van der Waals surface area contributed by atoms with Gasteiger partial charge >= 0.3 is 0 Å². The summed E-state index contributed by atoms with van der Waals surface area (Å²) in [6, 6.07) is 5.76. The number of aromatic amines is 1. The first kappa shape index (κ1) is 14.2. The summed E-state index contributed by atoms with van der Waals surface area (Å²) in [4.78, 5) is 13.3. The number of thiophene rings is 1. The van der Waals surface area contributed by atoms with E-state index in [2.05, 4.69) is 25.3 Å². The normalized spacial score (nSPS) is 13.7. The zero-order valence-corrected chi connectivity index (χ0v) is 13.4. The molecule has 1 aliphatic heterocycles. The second kappa shape index (κ2) is 6.00. The van der Waals surface area contributed by atoms with Crippen molar-refractivity contribution < 1.29 is 4.79 Å². The summed E-state index contributed by atoms with van der Waals surface area (Å²) in [6.45, 7) is 1.47. The van der Waals surface area contributed by atoms with E-state index in [-0.39, 0.29) is 5.91 Å². The van der Waals surface area contributed by atoms with E-state index >= 15 is 0 Å². The highest BCUT2D eigenvalue weighted by Gasteiger charge is 2.16. The Labute approximate surface area is 137 Å². The molecule has 0 atom stereocenters. The number of nitrogens with one attached hydrogen (secondary N) is 2. The minimum absolute atomic E-state index is 0.167. The Hall–Kier alpha value is -2.41. The minimum Gasteiger partial charge on any atom is -0.346 e. The fourth-order valence-corrected chi connectivity index (χ4v) is 3.59. The van der Waals surface area contributed by atoms with Crippen LogP contribution in [0.15, 0.2) is 29.8 Å². The Kier molecular flexibility index (Phi) is 3.70. The third kappa shape index (κ3) is 2.79. The van der Waals surface area contributed by atoms with E-state index in [0.717, 1.165) is 29.1 Å². The largest absolute Gasteiger partial charge is 0.346 e. The van der Waals surface area contributed by atoms with Crippen LogP contribution in [-0.4, -0.2) is 25.9 Å². The highest BCUT2D eigenvalue weighted by Crippen LogP contribution is 2.23. The number of carbonyl (C=O) groups excluding carboxylic acids is 1. The van der Waals surface area contributed by atoms with Crippen molar-refractivity contribution in [2.45, 2.75) is 32.4 Å². The number of rotatable bonds is 4. The number of nitrogens with zero attached hydrogens (tertiary/aromatic N) is 3. The molecule has 0 saturated heterocycles. The Morgan fingerprint density at radius 3 is 3.26 bits per heavy atom. The summed E-state index contributed by atoms with van der Waals surface area (Å²) in [6.07, 6.45) is 5.27. The zero-order chi connectivity index (χ0) is 15.6. The van der Waals surface area contributed by atoms with Crippen LogP contribution in [-0.2, 0) is 19.5 Å². The standard InChI is InChI=1S/C16H17N5OS/c22-16(13-8-12(19-20-13)15-5-3-7-23-15)17-9-11-10-18-21-6-2-1-4-14(11)21/h3,5,7-8,10H,1-2,4,6,9H2,(H,17,22)(H,19,20). The molecule has 0 spiro atoms. The molecule has 4 rings (SSSR count). The van der Waals surface area contributed by atoms with Gasteiger partial charge in [0.15, 0.2) is 5.69 Å². The predicted octanol–water partition coefficient (Wildman–Crippen LogP) is 2.60. The van der Waals surface area contributed by atoms with Gasteiger partial charge in [0.05, 0.1) is 16.8 Å². The van der Waals surface area contributed by atoms with Gasteiger partial charge in [-0.25, -0.2) is 0 Å². The van der Waals surface area contributed by atoms with E-state index in [1.54, 1.807) is 17.4 Å². The van der Waals surface area contributed by atoms with Crippen LogP contribution in [0.2, 0.25) is 0 Å². The molecule has 0 unspecified atom stereocenters. The van der Waals surface area contributed by atoms with Crippen molar-refractivity contribution in [2.24, 2.45) is 0 Å². The van der Waals surface area contributed by atoms with Gasteiger partial charge in [0.2, 0.25) is 0 Å². The summed E-state index contributed by atoms with van der Waals surface area (Å²) in [5, 5.41) is 16.4. The number of aromatic nitrogens is 4. The van der Waals surface area contributed by atoms with Crippen LogP contribution < -0.4 is 5.32 Å². The maximum atomic E-state index is 12.3. The minimum atomic E-state index is -0.167. The summed E-state index contributed by atoms with van der Waals surface area (Å²) >= 11 is 1.61. The van der Waals surface area contributed by atoms with E-state index in [1.165, 1.54) is 18.5 Å². The third-order valence-electron chi connectivity index (χ3n) is 4.11. The molecule has 7 heteroatoms. The molecule has 0 aliphatic carbocycles. The van der Waals surface area contributed by atoms with Crippen molar-refractivity contribution in [2.75, 3.05) is 0 Å². The zero-order valence-electron chi connectivity index (χ0n) is 12.6. The Morgan fingerprint density at radius 2 is 2.39 bits per heavy atom. The third-order valence-corrected chi connectivity index (χ3v) is 5.01. The second-order valence-corrected chi connectivity index (χ2v) is 6.57. The molecule has 3 aromatic heterocycles. The molecule has 1 aliphatic rings. The van der Waals surface area contributed by atoms with Crippen LogP contribution in [0.4, 0.5) is 0 Å². The van der Waals surface area contributed by atoms with E-state index < -0.39 is 0 Å². The highest BCUT2D eigenvalue weighted by atomic mass is 32.1. The molecule has 0 aromatic carbocycles. The second-order valence-electron chi connectivity index (χ2n) is 5.62. The van der Waals surface area contributed by atoms with E-state index in [0.29, 0.717) is 12.2 Å².